The summed E-state index contributed by atoms with van der Waals surface area (Å²) < 4.78 is 5.69. The van der Waals surface area contributed by atoms with Gasteiger partial charge >= 0.3 is 0 Å². The Hall–Kier alpha value is -2.24. The molecular weight excluding hydrogens is 328 g/mol. The first-order valence-electron chi connectivity index (χ1n) is 7.74. The van der Waals surface area contributed by atoms with Crippen LogP contribution in [0.25, 0.3) is 11.1 Å². The molecule has 1 heterocycles. The van der Waals surface area contributed by atoms with Gasteiger partial charge in [0.2, 0.25) is 5.91 Å². The maximum Gasteiger partial charge on any atom is 0.233 e. The van der Waals surface area contributed by atoms with Crippen molar-refractivity contribution in [3.63, 3.8) is 0 Å². The van der Waals surface area contributed by atoms with Gasteiger partial charge < -0.3 is 15.2 Å². The molecular formula is C18H19ClN2O3. The quantitative estimate of drug-likeness (QED) is 0.897. The van der Waals surface area contributed by atoms with E-state index in [4.69, 9.17) is 16.3 Å². The zero-order valence-corrected chi connectivity index (χ0v) is 14.1. The van der Waals surface area contributed by atoms with Crippen LogP contribution in [0.2, 0.25) is 5.02 Å². The molecule has 0 aliphatic carbocycles. The van der Waals surface area contributed by atoms with E-state index in [1.807, 2.05) is 35.2 Å². The molecule has 2 aromatic rings. The Morgan fingerprint density at radius 3 is 2.92 bits per heavy atom. The van der Waals surface area contributed by atoms with E-state index in [2.05, 4.69) is 5.32 Å². The number of carbonyl (C=O) groups is 1. The first kappa shape index (κ1) is 16.6. The molecule has 0 spiro atoms. The second-order valence-electron chi connectivity index (χ2n) is 5.73. The van der Waals surface area contributed by atoms with Crippen LogP contribution in [0.5, 0.6) is 11.5 Å². The number of carbonyl (C=O) groups excluding carboxylic acids is 1. The number of ether oxygens (including phenoxy) is 1. The Balaban J connectivity index is 1.95. The standard InChI is InChI=1S/C18H19ClN2O3/c1-20-17(23)11-21-5-6-24-18-14(10-21)7-13(9-16(18)22)12-3-2-4-15(19)8-12/h2-4,7-9,22H,5-6,10-11H2,1H3,(H,20,23). The zero-order valence-electron chi connectivity index (χ0n) is 13.4. The number of rotatable bonds is 3. The number of phenols is 1. The van der Waals surface area contributed by atoms with Crippen LogP contribution >= 0.6 is 11.6 Å². The Morgan fingerprint density at radius 2 is 2.17 bits per heavy atom. The van der Waals surface area contributed by atoms with Gasteiger partial charge in [-0.2, -0.15) is 0 Å². The Kier molecular flexibility index (Phi) is 4.92. The molecule has 0 bridgehead atoms. The molecule has 0 aromatic heterocycles. The second kappa shape index (κ2) is 7.11. The van der Waals surface area contributed by atoms with Crippen LogP contribution in [0.3, 0.4) is 0 Å². The van der Waals surface area contributed by atoms with Gasteiger partial charge in [0.05, 0.1) is 6.54 Å². The number of hydrogen-bond acceptors (Lipinski definition) is 4. The lowest BCUT2D eigenvalue weighted by Crippen LogP contribution is -2.36. The van der Waals surface area contributed by atoms with Crippen LogP contribution in [-0.4, -0.2) is 42.7 Å². The molecule has 0 saturated carbocycles. The van der Waals surface area contributed by atoms with Gasteiger partial charge in [0, 0.05) is 30.7 Å². The van der Waals surface area contributed by atoms with Gasteiger partial charge in [-0.1, -0.05) is 23.7 Å². The van der Waals surface area contributed by atoms with Gasteiger partial charge in [0.15, 0.2) is 11.5 Å². The van der Waals surface area contributed by atoms with E-state index in [-0.39, 0.29) is 11.7 Å². The second-order valence-corrected chi connectivity index (χ2v) is 6.16. The Labute approximate surface area is 145 Å². The zero-order chi connectivity index (χ0) is 17.1. The number of nitrogens with one attached hydrogen (secondary N) is 1. The van der Waals surface area contributed by atoms with Crippen LogP contribution < -0.4 is 10.1 Å². The van der Waals surface area contributed by atoms with Crippen molar-refractivity contribution in [3.05, 3.63) is 47.0 Å². The number of benzene rings is 2. The Bertz CT molecular complexity index is 764. The average molecular weight is 347 g/mol. The fourth-order valence-corrected chi connectivity index (χ4v) is 3.00. The molecule has 2 aromatic carbocycles. The number of halogens is 1. The van der Waals surface area contributed by atoms with Crippen molar-refractivity contribution in [2.24, 2.45) is 0 Å². The minimum atomic E-state index is -0.0475. The van der Waals surface area contributed by atoms with Gasteiger partial charge in [-0.3, -0.25) is 9.69 Å². The number of fused-ring (bicyclic) bond motifs is 1. The van der Waals surface area contributed by atoms with Gasteiger partial charge in [0.25, 0.3) is 0 Å². The summed E-state index contributed by atoms with van der Waals surface area (Å²) in [7, 11) is 1.62. The molecule has 1 amide bonds. The molecule has 0 saturated heterocycles. The van der Waals surface area contributed by atoms with Gasteiger partial charge in [0.1, 0.15) is 6.61 Å². The number of amides is 1. The predicted octanol–water partition coefficient (Wildman–Crippen LogP) is 2.65. The molecule has 1 aliphatic rings. The van der Waals surface area contributed by atoms with E-state index in [1.165, 1.54) is 0 Å². The van der Waals surface area contributed by atoms with Gasteiger partial charge in [-0.15, -0.1) is 0 Å². The lowest BCUT2D eigenvalue weighted by atomic mass is 10.0. The van der Waals surface area contributed by atoms with Crippen LogP contribution in [0.15, 0.2) is 36.4 Å². The van der Waals surface area contributed by atoms with Crippen LogP contribution in [0.4, 0.5) is 0 Å². The first-order chi connectivity index (χ1) is 11.6. The summed E-state index contributed by atoms with van der Waals surface area (Å²) in [5.74, 6) is 0.540. The van der Waals surface area contributed by atoms with Crippen molar-refractivity contribution >= 4 is 17.5 Å². The summed E-state index contributed by atoms with van der Waals surface area (Å²) in [5, 5.41) is 13.6. The maximum atomic E-state index is 11.6. The van der Waals surface area contributed by atoms with E-state index in [0.29, 0.717) is 37.0 Å². The Morgan fingerprint density at radius 1 is 1.33 bits per heavy atom. The highest BCUT2D eigenvalue weighted by Crippen LogP contribution is 2.37. The fourth-order valence-electron chi connectivity index (χ4n) is 2.80. The topological polar surface area (TPSA) is 61.8 Å². The molecule has 1 aliphatic heterocycles. The summed E-state index contributed by atoms with van der Waals surface area (Å²) in [6.45, 7) is 1.87. The molecule has 0 fully saturated rings. The number of nitrogens with zero attached hydrogens (tertiary/aromatic N) is 1. The summed E-state index contributed by atoms with van der Waals surface area (Å²) in [5.41, 5.74) is 2.63. The molecule has 0 atom stereocenters. The number of phenolic OH excluding ortho intramolecular Hbond substituents is 1. The highest BCUT2D eigenvalue weighted by atomic mass is 35.5. The number of likely N-dealkylation sites (N-methyl/N-ethyl adjacent to an activating group) is 1. The van der Waals surface area contributed by atoms with E-state index >= 15 is 0 Å². The van der Waals surface area contributed by atoms with Crippen molar-refractivity contribution in [3.8, 4) is 22.6 Å². The predicted molar refractivity (Wildman–Crippen MR) is 93.4 cm³/mol. The SMILES string of the molecule is CNC(=O)CN1CCOc2c(O)cc(-c3cccc(Cl)c3)cc2C1. The molecule has 3 rings (SSSR count). The highest BCUT2D eigenvalue weighted by Gasteiger charge is 2.21. The lowest BCUT2D eigenvalue weighted by molar-refractivity contribution is -0.121. The summed E-state index contributed by atoms with van der Waals surface area (Å²) in [6.07, 6.45) is 0. The third-order valence-electron chi connectivity index (χ3n) is 4.00. The van der Waals surface area contributed by atoms with Gasteiger partial charge in [-0.25, -0.2) is 0 Å². The van der Waals surface area contributed by atoms with Crippen LogP contribution in [0, 0.1) is 0 Å². The minimum absolute atomic E-state index is 0.0475. The van der Waals surface area contributed by atoms with Crippen molar-refractivity contribution in [1.29, 1.82) is 0 Å². The summed E-state index contributed by atoms with van der Waals surface area (Å²) in [6, 6.07) is 11.1. The van der Waals surface area contributed by atoms with Crippen molar-refractivity contribution in [2.75, 3.05) is 26.7 Å². The molecule has 5 nitrogen and oxygen atoms in total. The molecule has 6 heteroatoms. The monoisotopic (exact) mass is 346 g/mol. The first-order valence-corrected chi connectivity index (χ1v) is 8.12. The van der Waals surface area contributed by atoms with Gasteiger partial charge in [-0.05, 0) is 35.4 Å². The number of aromatic hydroxyl groups is 1. The molecule has 0 radical (unpaired) electrons. The van der Waals surface area contributed by atoms with E-state index in [9.17, 15) is 9.90 Å². The third kappa shape index (κ3) is 3.63. The van der Waals surface area contributed by atoms with Crippen LogP contribution in [0.1, 0.15) is 5.56 Å². The van der Waals surface area contributed by atoms with Crippen molar-refractivity contribution < 1.29 is 14.6 Å². The maximum absolute atomic E-state index is 11.6. The van der Waals surface area contributed by atoms with E-state index in [1.54, 1.807) is 13.1 Å². The fraction of sp³-hybridized carbons (Fsp3) is 0.278. The molecule has 0 unspecified atom stereocenters. The van der Waals surface area contributed by atoms with Crippen molar-refractivity contribution in [1.82, 2.24) is 10.2 Å². The van der Waals surface area contributed by atoms with Crippen molar-refractivity contribution in [2.45, 2.75) is 6.54 Å². The minimum Gasteiger partial charge on any atom is -0.504 e. The average Bonchev–Trinajstić information content (AvgIpc) is 2.76. The molecule has 2 N–H and O–H groups in total. The lowest BCUT2D eigenvalue weighted by Gasteiger charge is -2.18. The third-order valence-corrected chi connectivity index (χ3v) is 4.23. The summed E-state index contributed by atoms with van der Waals surface area (Å²) in [4.78, 5) is 13.6. The van der Waals surface area contributed by atoms with Crippen LogP contribution in [-0.2, 0) is 11.3 Å². The molecule has 24 heavy (non-hydrogen) atoms. The van der Waals surface area contributed by atoms with E-state index < -0.39 is 0 Å². The van der Waals surface area contributed by atoms with E-state index in [0.717, 1.165) is 16.7 Å². The largest absolute Gasteiger partial charge is 0.504 e. The normalized spacial score (nSPS) is 14.4. The number of hydrogen-bond donors (Lipinski definition) is 2. The smallest absolute Gasteiger partial charge is 0.233 e. The molecule has 126 valence electrons. The highest BCUT2D eigenvalue weighted by molar-refractivity contribution is 6.30. The summed E-state index contributed by atoms with van der Waals surface area (Å²) >= 11 is 6.06.